The summed E-state index contributed by atoms with van der Waals surface area (Å²) in [6.07, 6.45) is 3.49. The summed E-state index contributed by atoms with van der Waals surface area (Å²) in [5.74, 6) is 0.252. The van der Waals surface area contributed by atoms with Crippen LogP contribution in [-0.2, 0) is 28.8 Å². The van der Waals surface area contributed by atoms with Gasteiger partial charge in [0.2, 0.25) is 0 Å². The molecular weight excluding hydrogens is 570 g/mol. The van der Waals surface area contributed by atoms with Crippen LogP contribution in [0.25, 0.3) is 22.3 Å². The number of piperidine rings is 1. The fourth-order valence-corrected chi connectivity index (χ4v) is 6.08. The van der Waals surface area contributed by atoms with Crippen molar-refractivity contribution < 1.29 is 14.3 Å². The van der Waals surface area contributed by atoms with Crippen LogP contribution in [-0.4, -0.2) is 46.9 Å². The zero-order valence-corrected chi connectivity index (χ0v) is 25.5. The highest BCUT2D eigenvalue weighted by Crippen LogP contribution is 2.30. The molecule has 0 N–H and O–H groups in total. The van der Waals surface area contributed by atoms with E-state index in [1.54, 1.807) is 0 Å². The molecule has 6 nitrogen and oxygen atoms in total. The Balaban J connectivity index is 1.25. The minimum absolute atomic E-state index is 0.0333. The quantitative estimate of drug-likeness (QED) is 0.172. The normalized spacial score (nSPS) is 13.6. The molecule has 1 aliphatic heterocycles. The van der Waals surface area contributed by atoms with Gasteiger partial charge in [0.25, 0.3) is 5.91 Å². The molecule has 1 fully saturated rings. The van der Waals surface area contributed by atoms with Crippen LogP contribution in [0.3, 0.4) is 0 Å². The molecule has 0 saturated carbocycles. The minimum atomic E-state index is -0.265. The van der Waals surface area contributed by atoms with Crippen molar-refractivity contribution in [1.82, 2.24) is 14.9 Å². The molecule has 0 unspecified atom stereocenters. The molecule has 0 radical (unpaired) electrons. The van der Waals surface area contributed by atoms with Gasteiger partial charge in [-0.15, -0.1) is 0 Å². The molecule has 7 heteroatoms. The molecule has 0 aliphatic carbocycles. The molecule has 0 atom stereocenters. The number of rotatable bonds is 8. The maximum atomic E-state index is 13.6. The highest BCUT2D eigenvalue weighted by Gasteiger charge is 2.25. The first kappa shape index (κ1) is 29.5. The predicted molar refractivity (Wildman–Crippen MR) is 174 cm³/mol. The zero-order chi connectivity index (χ0) is 30.5. The van der Waals surface area contributed by atoms with E-state index in [0.717, 1.165) is 59.5 Å². The molecule has 2 heterocycles. The van der Waals surface area contributed by atoms with Crippen molar-refractivity contribution in [1.29, 1.82) is 0 Å². The van der Waals surface area contributed by atoms with Gasteiger partial charge in [-0.2, -0.15) is 0 Å². The van der Waals surface area contributed by atoms with Crippen molar-refractivity contribution in [3.05, 3.63) is 130 Å². The van der Waals surface area contributed by atoms with E-state index in [1.807, 2.05) is 71.6 Å². The Morgan fingerprint density at radius 3 is 2.32 bits per heavy atom. The maximum Gasteiger partial charge on any atom is 0.309 e. The summed E-state index contributed by atoms with van der Waals surface area (Å²) in [6.45, 7) is 1.47. The second-order valence-electron chi connectivity index (χ2n) is 11.3. The third-order valence-electron chi connectivity index (χ3n) is 8.37. The molecule has 0 bridgehead atoms. The second-order valence-corrected chi connectivity index (χ2v) is 11.7. The van der Waals surface area contributed by atoms with Crippen molar-refractivity contribution >= 4 is 34.5 Å². The van der Waals surface area contributed by atoms with E-state index in [9.17, 15) is 9.59 Å². The fourth-order valence-electron chi connectivity index (χ4n) is 5.96. The van der Waals surface area contributed by atoms with Gasteiger partial charge in [-0.3, -0.25) is 9.59 Å². The molecule has 1 aliphatic rings. The van der Waals surface area contributed by atoms with Gasteiger partial charge in [0, 0.05) is 29.2 Å². The van der Waals surface area contributed by atoms with Crippen LogP contribution in [0.2, 0.25) is 5.02 Å². The van der Waals surface area contributed by atoms with Gasteiger partial charge < -0.3 is 9.64 Å². The van der Waals surface area contributed by atoms with Gasteiger partial charge in [-0.25, -0.2) is 9.97 Å². The number of benzene rings is 4. The maximum absolute atomic E-state index is 13.6. The van der Waals surface area contributed by atoms with Crippen LogP contribution in [0.5, 0.6) is 0 Å². The highest BCUT2D eigenvalue weighted by molar-refractivity contribution is 6.30. The van der Waals surface area contributed by atoms with Gasteiger partial charge in [0.15, 0.2) is 0 Å². The Bertz CT molecular complexity index is 1780. The van der Waals surface area contributed by atoms with Crippen LogP contribution in [0, 0.1) is 0 Å². The van der Waals surface area contributed by atoms with Crippen molar-refractivity contribution in [2.75, 3.05) is 20.2 Å². The van der Waals surface area contributed by atoms with Gasteiger partial charge in [-0.05, 0) is 78.6 Å². The first-order valence-electron chi connectivity index (χ1n) is 15.0. The van der Waals surface area contributed by atoms with Crippen LogP contribution in [0.4, 0.5) is 0 Å². The third kappa shape index (κ3) is 6.81. The van der Waals surface area contributed by atoms with Gasteiger partial charge in [-0.1, -0.05) is 78.3 Å². The van der Waals surface area contributed by atoms with E-state index in [0.29, 0.717) is 34.9 Å². The van der Waals surface area contributed by atoms with E-state index in [2.05, 4.69) is 30.3 Å². The van der Waals surface area contributed by atoms with E-state index >= 15 is 0 Å². The average Bonchev–Trinajstić information content (AvgIpc) is 3.07. The highest BCUT2D eigenvalue weighted by atomic mass is 35.5. The number of carbonyl (C=O) groups is 2. The molecule has 1 saturated heterocycles. The number of fused-ring (bicyclic) bond motifs is 1. The summed E-state index contributed by atoms with van der Waals surface area (Å²) in [7, 11) is 1.40. The van der Waals surface area contributed by atoms with Crippen molar-refractivity contribution in [2.45, 2.75) is 38.0 Å². The summed E-state index contributed by atoms with van der Waals surface area (Å²) in [5, 5.41) is 0.655. The van der Waals surface area contributed by atoms with Gasteiger partial charge in [0.05, 0.1) is 36.0 Å². The first-order chi connectivity index (χ1) is 21.5. The molecule has 4 aromatic carbocycles. The number of esters is 1. The SMILES string of the molecule is COC(=O)Cc1cccc(CCc2nc3cc(C(=O)N4CCC(c5ccccc5)CC4)ccc3nc2-c2ccc(Cl)cc2)c1. The smallest absolute Gasteiger partial charge is 0.309 e. The molecule has 222 valence electrons. The Morgan fingerprint density at radius 1 is 0.818 bits per heavy atom. The number of carbonyl (C=O) groups excluding carboxylic acids is 2. The third-order valence-corrected chi connectivity index (χ3v) is 8.62. The topological polar surface area (TPSA) is 72.4 Å². The molecular formula is C37H34ClN3O3. The van der Waals surface area contributed by atoms with Crippen molar-refractivity contribution in [2.24, 2.45) is 0 Å². The number of halogens is 1. The summed E-state index contributed by atoms with van der Waals surface area (Å²) in [6, 6.07) is 31.8. The van der Waals surface area contributed by atoms with Crippen LogP contribution in [0.1, 0.15) is 51.5 Å². The monoisotopic (exact) mass is 603 g/mol. The Kier molecular flexibility index (Phi) is 8.99. The lowest BCUT2D eigenvalue weighted by molar-refractivity contribution is -0.139. The largest absolute Gasteiger partial charge is 0.469 e. The second kappa shape index (κ2) is 13.4. The summed E-state index contributed by atoms with van der Waals surface area (Å²) < 4.78 is 4.83. The molecule has 44 heavy (non-hydrogen) atoms. The first-order valence-corrected chi connectivity index (χ1v) is 15.4. The molecule has 6 rings (SSSR count). The number of amides is 1. The summed E-state index contributed by atoms with van der Waals surface area (Å²) >= 11 is 6.18. The van der Waals surface area contributed by atoms with Crippen LogP contribution in [0.15, 0.2) is 97.1 Å². The fraction of sp³-hybridized carbons (Fsp3) is 0.243. The Morgan fingerprint density at radius 2 is 1.57 bits per heavy atom. The lowest BCUT2D eigenvalue weighted by Crippen LogP contribution is -2.37. The number of hydrogen-bond acceptors (Lipinski definition) is 5. The molecule has 0 spiro atoms. The molecule has 1 aromatic heterocycles. The molecule has 5 aromatic rings. The van der Waals surface area contributed by atoms with Crippen molar-refractivity contribution in [3.63, 3.8) is 0 Å². The summed E-state index contributed by atoms with van der Waals surface area (Å²) in [4.78, 5) is 37.4. The van der Waals surface area contributed by atoms with E-state index in [1.165, 1.54) is 12.7 Å². The minimum Gasteiger partial charge on any atom is -0.469 e. The number of nitrogens with zero attached hydrogens (tertiary/aromatic N) is 3. The van der Waals surface area contributed by atoms with Gasteiger partial charge >= 0.3 is 5.97 Å². The number of ether oxygens (including phenoxy) is 1. The average molecular weight is 604 g/mol. The predicted octanol–water partition coefficient (Wildman–Crippen LogP) is 7.47. The van der Waals surface area contributed by atoms with E-state index < -0.39 is 0 Å². The van der Waals surface area contributed by atoms with Gasteiger partial charge in [0.1, 0.15) is 0 Å². The van der Waals surface area contributed by atoms with E-state index in [4.69, 9.17) is 26.3 Å². The number of aromatic nitrogens is 2. The van der Waals surface area contributed by atoms with Crippen LogP contribution < -0.4 is 0 Å². The zero-order valence-electron chi connectivity index (χ0n) is 24.7. The number of aryl methyl sites for hydroxylation is 2. The van der Waals surface area contributed by atoms with Crippen molar-refractivity contribution in [3.8, 4) is 11.3 Å². The lowest BCUT2D eigenvalue weighted by atomic mass is 9.89. The number of hydrogen-bond donors (Lipinski definition) is 0. The van der Waals surface area contributed by atoms with E-state index in [-0.39, 0.29) is 18.3 Å². The number of methoxy groups -OCH3 is 1. The lowest BCUT2D eigenvalue weighted by Gasteiger charge is -2.32. The van der Waals surface area contributed by atoms with Crippen LogP contribution >= 0.6 is 11.6 Å². The number of likely N-dealkylation sites (tertiary alicyclic amines) is 1. The Hall–Kier alpha value is -4.55. The summed E-state index contributed by atoms with van der Waals surface area (Å²) in [5.41, 5.74) is 7.98. The Labute approximate surface area is 262 Å². The standard InChI is InChI=1S/C37H34ClN3O3/c1-44-35(42)23-26-7-5-6-25(22-26)10-16-33-36(29-11-14-31(38)15-12-29)40-32-17-13-30(24-34(32)39-33)37(43)41-20-18-28(19-21-41)27-8-3-2-4-9-27/h2-9,11-15,17,22,24,28H,10,16,18-21,23H2,1H3. The molecule has 1 amide bonds.